The number of hydrogen-bond acceptors (Lipinski definition) is 11. The average Bonchev–Trinajstić information content (AvgIpc) is 3.91. The summed E-state index contributed by atoms with van der Waals surface area (Å²) in [5.41, 5.74) is 5.62. The Labute approximate surface area is 370 Å². The van der Waals surface area contributed by atoms with Gasteiger partial charge in [-0.2, -0.15) is 9.97 Å². The van der Waals surface area contributed by atoms with E-state index in [1.807, 2.05) is 89.2 Å². The minimum absolute atomic E-state index is 0.0380. The molecule has 0 spiro atoms. The summed E-state index contributed by atoms with van der Waals surface area (Å²) in [5, 5.41) is 18.2. The third-order valence-electron chi connectivity index (χ3n) is 10.8. The highest BCUT2D eigenvalue weighted by atomic mass is 35.5. The van der Waals surface area contributed by atoms with Gasteiger partial charge in [-0.1, -0.05) is 57.8 Å². The van der Waals surface area contributed by atoms with Crippen molar-refractivity contribution in [3.63, 3.8) is 0 Å². The summed E-state index contributed by atoms with van der Waals surface area (Å²) in [7, 11) is 0. The van der Waals surface area contributed by atoms with Gasteiger partial charge in [-0.15, -0.1) is 0 Å². The number of carbonyl (C=O) groups excluding carboxylic acids is 1. The molecule has 1 N–H and O–H groups in total. The molecule has 0 unspecified atom stereocenters. The van der Waals surface area contributed by atoms with Gasteiger partial charge in [0.05, 0.1) is 40.7 Å². The van der Waals surface area contributed by atoms with Gasteiger partial charge in [0.2, 0.25) is 11.6 Å². The van der Waals surface area contributed by atoms with Crippen LogP contribution in [0.2, 0.25) is 10.0 Å². The minimum atomic E-state index is -0.683. The molecular weight excluding hydrogens is 831 g/mol. The molecule has 14 heteroatoms. The summed E-state index contributed by atoms with van der Waals surface area (Å²) in [5.74, 6) is 3.19. The highest BCUT2D eigenvalue weighted by molar-refractivity contribution is 6.32. The quantitative estimate of drug-likeness (QED) is 0.0974. The molecule has 0 bridgehead atoms. The number of benzene rings is 4. The number of carbonyl (C=O) groups is 2. The summed E-state index contributed by atoms with van der Waals surface area (Å²) >= 11 is 12.6. The first-order chi connectivity index (χ1) is 29.8. The Morgan fingerprint density at radius 1 is 0.645 bits per heavy atom. The van der Waals surface area contributed by atoms with E-state index in [4.69, 9.17) is 51.6 Å². The van der Waals surface area contributed by atoms with Crippen LogP contribution >= 0.6 is 23.2 Å². The Morgan fingerprint density at radius 2 is 1.05 bits per heavy atom. The van der Waals surface area contributed by atoms with E-state index in [2.05, 4.69) is 32.4 Å². The fraction of sp³-hybridized carbons (Fsp3) is 0.375. The Hall–Kier alpha value is -5.72. The molecule has 0 aliphatic heterocycles. The molecule has 0 radical (unpaired) electrons. The molecule has 324 valence electrons. The van der Waals surface area contributed by atoms with Crippen molar-refractivity contribution in [3.05, 3.63) is 106 Å². The molecule has 2 saturated carbocycles. The second kappa shape index (κ2) is 20.0. The lowest BCUT2D eigenvalue weighted by Crippen LogP contribution is -2.33. The van der Waals surface area contributed by atoms with Crippen LogP contribution in [0.5, 0.6) is 11.5 Å². The van der Waals surface area contributed by atoms with Crippen LogP contribution in [0.25, 0.3) is 45.7 Å². The van der Waals surface area contributed by atoms with Gasteiger partial charge in [0.25, 0.3) is 11.8 Å². The van der Waals surface area contributed by atoms with E-state index in [9.17, 15) is 9.59 Å². The zero-order valence-electron chi connectivity index (χ0n) is 35.3. The van der Waals surface area contributed by atoms with Crippen molar-refractivity contribution < 1.29 is 38.0 Å². The van der Waals surface area contributed by atoms with Crippen molar-refractivity contribution in [3.8, 4) is 57.2 Å². The predicted molar refractivity (Wildman–Crippen MR) is 236 cm³/mol. The van der Waals surface area contributed by atoms with Gasteiger partial charge in [0.1, 0.15) is 11.5 Å². The van der Waals surface area contributed by atoms with Crippen molar-refractivity contribution in [1.29, 1.82) is 0 Å². The van der Waals surface area contributed by atoms with E-state index in [1.165, 1.54) is 11.1 Å². The SMILES string of the molecule is CC(C)Oc1ccc(-c2noc(-c3ccc(CC4CC(C(=O)O)C4)cc3)n2)cc1Cl.CCOC(=O)C1CC(Cc2ccc(-c3nc(-c4ccc(OC(C)C)c(Cl)c4)no3)cc2)C1. The van der Waals surface area contributed by atoms with E-state index >= 15 is 0 Å². The van der Waals surface area contributed by atoms with Crippen LogP contribution in [0, 0.1) is 23.7 Å². The highest BCUT2D eigenvalue weighted by Crippen LogP contribution is 2.39. The predicted octanol–water partition coefficient (Wildman–Crippen LogP) is 11.5. The molecule has 2 aliphatic rings. The van der Waals surface area contributed by atoms with Crippen molar-refractivity contribution in [2.24, 2.45) is 23.7 Å². The Bertz CT molecular complexity index is 2450. The first-order valence-corrected chi connectivity index (χ1v) is 21.8. The van der Waals surface area contributed by atoms with E-state index in [0.717, 1.165) is 60.8 Å². The Balaban J connectivity index is 0.000000187. The molecule has 0 amide bonds. The number of ether oxygens (including phenoxy) is 3. The van der Waals surface area contributed by atoms with Gasteiger partial charge in [-0.05, 0) is 157 Å². The number of hydrogen-bond donors (Lipinski definition) is 1. The third kappa shape index (κ3) is 11.2. The third-order valence-corrected chi connectivity index (χ3v) is 11.4. The summed E-state index contributed by atoms with van der Waals surface area (Å²) in [6.07, 6.45) is 5.24. The van der Waals surface area contributed by atoms with Gasteiger partial charge in [0.15, 0.2) is 0 Å². The number of nitrogens with zero attached hydrogens (tertiary/aromatic N) is 4. The first kappa shape index (κ1) is 44.3. The topological polar surface area (TPSA) is 160 Å². The smallest absolute Gasteiger partial charge is 0.308 e. The summed E-state index contributed by atoms with van der Waals surface area (Å²) in [6.45, 7) is 10.1. The van der Waals surface area contributed by atoms with Crippen LogP contribution in [-0.4, -0.2) is 56.1 Å². The maximum atomic E-state index is 11.7. The zero-order chi connectivity index (χ0) is 43.9. The number of halogens is 2. The van der Waals surface area contributed by atoms with Gasteiger partial charge < -0.3 is 28.4 Å². The number of rotatable bonds is 15. The number of esters is 1. The molecule has 62 heavy (non-hydrogen) atoms. The Morgan fingerprint density at radius 3 is 1.42 bits per heavy atom. The van der Waals surface area contributed by atoms with Crippen LogP contribution < -0.4 is 9.47 Å². The minimum Gasteiger partial charge on any atom is -0.489 e. The lowest BCUT2D eigenvalue weighted by atomic mass is 9.72. The molecule has 12 nitrogen and oxygen atoms in total. The van der Waals surface area contributed by atoms with Gasteiger partial charge in [-0.25, -0.2) is 0 Å². The lowest BCUT2D eigenvalue weighted by molar-refractivity contribution is -0.152. The Kier molecular flexibility index (Phi) is 14.3. The van der Waals surface area contributed by atoms with Gasteiger partial charge in [-0.3, -0.25) is 9.59 Å². The lowest BCUT2D eigenvalue weighted by Gasteiger charge is -2.33. The molecule has 2 aromatic heterocycles. The molecule has 0 atom stereocenters. The second-order valence-corrected chi connectivity index (χ2v) is 17.2. The van der Waals surface area contributed by atoms with E-state index in [1.54, 1.807) is 18.2 Å². The maximum absolute atomic E-state index is 11.7. The fourth-order valence-corrected chi connectivity index (χ4v) is 8.04. The standard InChI is InChI=1S/C25H27ClN2O4.C23H23ClN2O4/c1-4-30-25(29)20-12-17(13-20)11-16-5-7-18(8-6-16)24-27-23(28-32-24)19-9-10-22(21(26)14-19)31-15(2)3;1-13(2)29-20-8-7-17(12-19(20)24)21-25-22(30-26-21)16-5-3-14(4-6-16)9-15-10-18(11-15)23(27)28/h5-10,14-15,17,20H,4,11-13H2,1-3H3;3-8,12-13,15,18H,9-11H2,1-2H3,(H,27,28). The summed E-state index contributed by atoms with van der Waals surface area (Å²) in [4.78, 5) is 31.7. The number of aliphatic carboxylic acids is 1. The average molecular weight is 882 g/mol. The monoisotopic (exact) mass is 880 g/mol. The molecule has 2 fully saturated rings. The molecule has 2 heterocycles. The molecule has 2 aliphatic carbocycles. The van der Waals surface area contributed by atoms with Crippen molar-refractivity contribution in [1.82, 2.24) is 20.3 Å². The van der Waals surface area contributed by atoms with Crippen molar-refractivity contribution in [2.45, 2.75) is 85.4 Å². The summed E-state index contributed by atoms with van der Waals surface area (Å²) in [6, 6.07) is 27.0. The van der Waals surface area contributed by atoms with Crippen LogP contribution in [0.4, 0.5) is 0 Å². The fourth-order valence-electron chi connectivity index (χ4n) is 7.59. The molecule has 0 saturated heterocycles. The summed E-state index contributed by atoms with van der Waals surface area (Å²) < 4.78 is 27.3. The molecule has 6 aromatic rings. The number of carboxylic acids is 1. The molecule has 4 aromatic carbocycles. The highest BCUT2D eigenvalue weighted by Gasteiger charge is 2.36. The molecule has 8 rings (SSSR count). The zero-order valence-corrected chi connectivity index (χ0v) is 36.9. The maximum Gasteiger partial charge on any atom is 0.308 e. The number of carboxylic acid groups (broad SMARTS) is 1. The van der Waals surface area contributed by atoms with Gasteiger partial charge in [0, 0.05) is 22.3 Å². The van der Waals surface area contributed by atoms with Crippen LogP contribution in [0.3, 0.4) is 0 Å². The van der Waals surface area contributed by atoms with E-state index in [0.29, 0.717) is 63.4 Å². The van der Waals surface area contributed by atoms with Crippen molar-refractivity contribution >= 4 is 35.1 Å². The van der Waals surface area contributed by atoms with Crippen LogP contribution in [-0.2, 0) is 27.2 Å². The van der Waals surface area contributed by atoms with E-state index < -0.39 is 5.97 Å². The normalized spacial score (nSPS) is 18.0. The molecular formula is C48H50Cl2N4O8. The largest absolute Gasteiger partial charge is 0.489 e. The van der Waals surface area contributed by atoms with E-state index in [-0.39, 0.29) is 30.0 Å². The number of aromatic nitrogens is 4. The second-order valence-electron chi connectivity index (χ2n) is 16.4. The first-order valence-electron chi connectivity index (χ1n) is 21.0. The van der Waals surface area contributed by atoms with Crippen molar-refractivity contribution in [2.75, 3.05) is 6.61 Å². The van der Waals surface area contributed by atoms with Gasteiger partial charge >= 0.3 is 11.9 Å². The van der Waals surface area contributed by atoms with Crippen LogP contribution in [0.1, 0.15) is 71.4 Å². The van der Waals surface area contributed by atoms with Crippen LogP contribution in [0.15, 0.2) is 94.0 Å².